The van der Waals surface area contributed by atoms with E-state index >= 15 is 0 Å². The number of benzene rings is 2. The Kier molecular flexibility index (Phi) is 9.03. The fourth-order valence-electron chi connectivity index (χ4n) is 2.48. The molecular weight excluding hydrogens is 442 g/mol. The number of nitrogens with one attached hydrogen (secondary N) is 2. The number of esters is 1. The highest BCUT2D eigenvalue weighted by molar-refractivity contribution is 7.98. The highest BCUT2D eigenvalue weighted by Crippen LogP contribution is 2.13. The number of ether oxygens (including phenoxy) is 1. The van der Waals surface area contributed by atoms with Gasteiger partial charge in [-0.1, -0.05) is 18.2 Å². The lowest BCUT2D eigenvalue weighted by molar-refractivity contribution is -0.149. The average molecular weight is 466 g/mol. The SMILES string of the molecule is CSCCC(NC(=O)c1ccccc1)C(=O)OCC(=O)Nc1ccc(S(N)(=O)=O)cc1. The Balaban J connectivity index is 1.92. The number of thioether (sulfide) groups is 1. The largest absolute Gasteiger partial charge is 0.454 e. The van der Waals surface area contributed by atoms with Gasteiger partial charge in [-0.2, -0.15) is 11.8 Å². The van der Waals surface area contributed by atoms with Crippen molar-refractivity contribution in [3.8, 4) is 0 Å². The topological polar surface area (TPSA) is 145 Å². The van der Waals surface area contributed by atoms with Crippen LogP contribution in [0.15, 0.2) is 59.5 Å². The van der Waals surface area contributed by atoms with Crippen LogP contribution in [0.4, 0.5) is 5.69 Å². The summed E-state index contributed by atoms with van der Waals surface area (Å²) in [6, 6.07) is 12.8. The highest BCUT2D eigenvalue weighted by Gasteiger charge is 2.23. The Bertz CT molecular complexity index is 1010. The third kappa shape index (κ3) is 8.04. The maximum Gasteiger partial charge on any atom is 0.329 e. The van der Waals surface area contributed by atoms with Gasteiger partial charge in [0, 0.05) is 11.3 Å². The van der Waals surface area contributed by atoms with Crippen molar-refractivity contribution in [2.75, 3.05) is 23.9 Å². The van der Waals surface area contributed by atoms with Crippen LogP contribution in [0.25, 0.3) is 0 Å². The number of anilines is 1. The molecule has 2 aromatic rings. The molecule has 11 heteroatoms. The minimum atomic E-state index is -3.84. The first-order valence-corrected chi connectivity index (χ1v) is 12.1. The lowest BCUT2D eigenvalue weighted by atomic mass is 10.1. The number of nitrogens with two attached hydrogens (primary N) is 1. The highest BCUT2D eigenvalue weighted by atomic mass is 32.2. The standard InChI is InChI=1S/C20H23N3O6S2/c1-30-12-11-17(23-19(25)14-5-3-2-4-6-14)20(26)29-13-18(24)22-15-7-9-16(10-8-15)31(21,27)28/h2-10,17H,11-13H2,1H3,(H,22,24)(H,23,25)(H2,21,27,28). The maximum atomic E-state index is 12.4. The molecule has 2 aromatic carbocycles. The summed E-state index contributed by atoms with van der Waals surface area (Å²) in [5.74, 6) is -1.15. The van der Waals surface area contributed by atoms with E-state index in [0.29, 0.717) is 23.4 Å². The molecule has 0 aromatic heterocycles. The van der Waals surface area contributed by atoms with Gasteiger partial charge in [0.1, 0.15) is 6.04 Å². The van der Waals surface area contributed by atoms with Gasteiger partial charge in [-0.05, 0) is 54.8 Å². The second-order valence-corrected chi connectivity index (χ2v) is 8.95. The molecule has 0 heterocycles. The lowest BCUT2D eigenvalue weighted by Gasteiger charge is -2.17. The van der Waals surface area contributed by atoms with Gasteiger partial charge in [0.2, 0.25) is 10.0 Å². The third-order valence-electron chi connectivity index (χ3n) is 4.05. The van der Waals surface area contributed by atoms with E-state index in [9.17, 15) is 22.8 Å². The van der Waals surface area contributed by atoms with Gasteiger partial charge in [-0.15, -0.1) is 0 Å². The second kappa shape index (κ2) is 11.5. The number of hydrogen-bond donors (Lipinski definition) is 3. The Morgan fingerprint density at radius 1 is 1.06 bits per heavy atom. The van der Waals surface area contributed by atoms with E-state index in [2.05, 4.69) is 10.6 Å². The predicted octanol–water partition coefficient (Wildman–Crippen LogP) is 1.37. The van der Waals surface area contributed by atoms with E-state index in [0.717, 1.165) is 0 Å². The molecule has 0 saturated carbocycles. The zero-order chi connectivity index (χ0) is 22.9. The van der Waals surface area contributed by atoms with E-state index in [1.807, 2.05) is 6.26 Å². The van der Waals surface area contributed by atoms with Crippen molar-refractivity contribution < 1.29 is 27.5 Å². The molecule has 4 N–H and O–H groups in total. The quantitative estimate of drug-likeness (QED) is 0.449. The van der Waals surface area contributed by atoms with E-state index in [1.165, 1.54) is 36.0 Å². The Hall–Kier alpha value is -2.89. The zero-order valence-electron chi connectivity index (χ0n) is 16.7. The first-order chi connectivity index (χ1) is 14.7. The van der Waals surface area contributed by atoms with Gasteiger partial charge in [-0.25, -0.2) is 18.4 Å². The summed E-state index contributed by atoms with van der Waals surface area (Å²) in [7, 11) is -3.84. The summed E-state index contributed by atoms with van der Waals surface area (Å²) in [5.41, 5.74) is 0.717. The molecule has 31 heavy (non-hydrogen) atoms. The third-order valence-corrected chi connectivity index (χ3v) is 5.62. The molecule has 0 radical (unpaired) electrons. The molecule has 2 amide bonds. The maximum absolute atomic E-state index is 12.4. The number of carbonyl (C=O) groups excluding carboxylic acids is 3. The number of sulfonamides is 1. The van der Waals surface area contributed by atoms with Crippen LogP contribution in [0.2, 0.25) is 0 Å². The van der Waals surface area contributed by atoms with E-state index in [-0.39, 0.29) is 4.90 Å². The molecule has 166 valence electrons. The molecule has 1 unspecified atom stereocenters. The van der Waals surface area contributed by atoms with Crippen LogP contribution in [0.5, 0.6) is 0 Å². The van der Waals surface area contributed by atoms with E-state index in [4.69, 9.17) is 9.88 Å². The van der Waals surface area contributed by atoms with Crippen LogP contribution in [-0.2, 0) is 24.3 Å². The van der Waals surface area contributed by atoms with Crippen molar-refractivity contribution >= 4 is 45.3 Å². The molecule has 0 saturated heterocycles. The molecular formula is C20H23N3O6S2. The summed E-state index contributed by atoms with van der Waals surface area (Å²) >= 11 is 1.51. The van der Waals surface area contributed by atoms with Gasteiger partial charge in [-0.3, -0.25) is 9.59 Å². The average Bonchev–Trinajstić information content (AvgIpc) is 2.75. The number of carbonyl (C=O) groups is 3. The van der Waals surface area contributed by atoms with Crippen molar-refractivity contribution in [3.05, 3.63) is 60.2 Å². The van der Waals surface area contributed by atoms with Crippen molar-refractivity contribution in [2.45, 2.75) is 17.4 Å². The number of primary sulfonamides is 1. The summed E-state index contributed by atoms with van der Waals surface area (Å²) in [6.45, 7) is -0.563. The van der Waals surface area contributed by atoms with Crippen LogP contribution in [0.1, 0.15) is 16.8 Å². The Morgan fingerprint density at radius 2 is 1.71 bits per heavy atom. The predicted molar refractivity (Wildman–Crippen MR) is 118 cm³/mol. The molecule has 0 aliphatic heterocycles. The fourth-order valence-corrected chi connectivity index (χ4v) is 3.46. The van der Waals surface area contributed by atoms with Crippen LogP contribution >= 0.6 is 11.8 Å². The minimum absolute atomic E-state index is 0.0947. The molecule has 0 bridgehead atoms. The molecule has 0 aliphatic rings. The fraction of sp³-hybridized carbons (Fsp3) is 0.250. The van der Waals surface area contributed by atoms with Crippen molar-refractivity contribution in [3.63, 3.8) is 0 Å². The smallest absolute Gasteiger partial charge is 0.329 e. The lowest BCUT2D eigenvalue weighted by Crippen LogP contribution is -2.43. The summed E-state index contributed by atoms with van der Waals surface area (Å²) in [5, 5.41) is 10.1. The van der Waals surface area contributed by atoms with Crippen molar-refractivity contribution in [2.24, 2.45) is 5.14 Å². The summed E-state index contributed by atoms with van der Waals surface area (Å²) in [6.07, 6.45) is 2.21. The summed E-state index contributed by atoms with van der Waals surface area (Å²) in [4.78, 5) is 36.7. The van der Waals surface area contributed by atoms with Gasteiger partial charge in [0.15, 0.2) is 6.61 Å². The molecule has 0 aliphatic carbocycles. The number of rotatable bonds is 10. The van der Waals surface area contributed by atoms with Gasteiger partial charge < -0.3 is 15.4 Å². The van der Waals surface area contributed by atoms with Crippen LogP contribution < -0.4 is 15.8 Å². The van der Waals surface area contributed by atoms with Crippen molar-refractivity contribution in [1.82, 2.24) is 5.32 Å². The van der Waals surface area contributed by atoms with Crippen LogP contribution in [-0.4, -0.2) is 50.9 Å². The molecule has 0 spiro atoms. The first-order valence-electron chi connectivity index (χ1n) is 9.15. The van der Waals surface area contributed by atoms with E-state index in [1.54, 1.807) is 30.3 Å². The van der Waals surface area contributed by atoms with Crippen LogP contribution in [0, 0.1) is 0 Å². The van der Waals surface area contributed by atoms with E-state index < -0.39 is 40.5 Å². The van der Waals surface area contributed by atoms with Crippen LogP contribution in [0.3, 0.4) is 0 Å². The number of amides is 2. The second-order valence-electron chi connectivity index (χ2n) is 6.40. The molecule has 9 nitrogen and oxygen atoms in total. The van der Waals surface area contributed by atoms with Gasteiger partial charge >= 0.3 is 5.97 Å². The molecule has 2 rings (SSSR count). The minimum Gasteiger partial charge on any atom is -0.454 e. The Morgan fingerprint density at radius 3 is 2.29 bits per heavy atom. The number of hydrogen-bond acceptors (Lipinski definition) is 7. The molecule has 0 fully saturated rings. The summed E-state index contributed by atoms with van der Waals surface area (Å²) < 4.78 is 27.6. The van der Waals surface area contributed by atoms with Gasteiger partial charge in [0.05, 0.1) is 4.90 Å². The van der Waals surface area contributed by atoms with Crippen molar-refractivity contribution in [1.29, 1.82) is 0 Å². The first kappa shape index (κ1) is 24.4. The Labute approximate surface area is 184 Å². The monoisotopic (exact) mass is 465 g/mol. The zero-order valence-corrected chi connectivity index (χ0v) is 18.4. The van der Waals surface area contributed by atoms with Gasteiger partial charge in [0.25, 0.3) is 11.8 Å². The molecule has 1 atom stereocenters. The normalized spacial score (nSPS) is 11.9.